The minimum absolute atomic E-state index is 0.193. The van der Waals surface area contributed by atoms with Crippen LogP contribution in [0, 0.1) is 0 Å². The number of morpholine rings is 4. The Morgan fingerprint density at radius 2 is 0.774 bits per heavy atom. The van der Waals surface area contributed by atoms with E-state index in [1.54, 1.807) is 96.5 Å². The van der Waals surface area contributed by atoms with Crippen LogP contribution in [0.5, 0.6) is 28.7 Å². The number of anilines is 7. The highest BCUT2D eigenvalue weighted by Gasteiger charge is 2.18. The quantitative estimate of drug-likeness (QED) is 0.0105. The molecule has 133 heavy (non-hydrogen) atoms. The van der Waals surface area contributed by atoms with Crippen molar-refractivity contribution in [3.8, 4) is 28.7 Å². The average molecular weight is 2100 g/mol. The lowest BCUT2D eigenvalue weighted by atomic mass is 10.1. The van der Waals surface area contributed by atoms with E-state index < -0.39 is 5.97 Å². The molecule has 0 aliphatic carbocycles. The predicted molar refractivity (Wildman–Crippen MR) is 546 cm³/mol. The lowest BCUT2D eigenvalue weighted by Crippen LogP contribution is -2.38. The summed E-state index contributed by atoms with van der Waals surface area (Å²) >= 11 is 16.8. The van der Waals surface area contributed by atoms with Crippen molar-refractivity contribution in [3.05, 3.63) is 221 Å². The standard InChI is InChI=1S/C27H29N5O3S.C22H25N3O4S.C13H17N3O2S.C9H8O3.C8H8N2OS.C7H6N2OS.C6H13NO2.BBr3/c28-22-3-1-2-4-23(22)30-26(33)20-7-5-19(6-8-20)18-29-27-31-24-10-9-21(17-25(24)36-27)35-16-13-32-11-14-34-15-12-32;1-27-21(26)17-4-2-16(3-5-17)15-23-22-24-19-7-6-18(14-20(19)30-22)29-13-10-25-8-11-28-12-9-25;14-13-15-11-2-1-10(9-12(11)19-13)18-8-5-16-3-6-17-7-4-16;1-12-9(11)8-4-2-7(6-10)3-5-8;1-11-5-2-3-6-7(4-5)12-8(9)10-6;8-7-9-5-2-1-4(10)3-6(5)11-7;8-4-1-7-2-5-9-6-3-7;2-1(3)4/h1-10,17H,11-16,18,28H2,(H,29,31)(H,30,33);2-7,14H,8-13,15H2,1H3,(H,23,24);1-2,9H,3-8H2,(H2,14,15);2-6H,1H3;2-4H,1H3,(H2,9,10);1-3,10H,(H2,8,9);8H,1-6H2;. The number of nitrogens with zero attached hydrogens (tertiary/aromatic N) is 9. The number of thiazole rings is 5. The van der Waals surface area contributed by atoms with Crippen LogP contribution in [0.2, 0.25) is 0 Å². The SMILES string of the molecule is BrB(Br)Br.COC(=O)c1ccc(C=O)cc1.COC(=O)c1ccc(CNc2nc3ccc(OCCN4CCOCC4)cc3s2)cc1.COc1ccc2nc(N)sc2c1.Nc1ccccc1NC(=O)c1ccc(CNc2nc3ccc(OCCN4CCOCC4)cc3s2)cc1.Nc1nc2ccc(O)cc2s1.Nc1nc2ccc(OCCN3CCOCC3)cc2s1.OCCN1CCOCC1. The number of carbonyl (C=O) groups excluding carboxylic acids is 4. The Bertz CT molecular complexity index is 5920. The number of aliphatic hydroxyl groups excluding tert-OH is 1. The van der Waals surface area contributed by atoms with Crippen molar-refractivity contribution < 1.29 is 76.8 Å². The first-order valence-corrected chi connectivity index (χ1v) is 49.2. The molecule has 18 rings (SSSR count). The third-order valence-corrected chi connectivity index (χ3v) is 24.6. The fraction of sp³-hybridized carbons (Fsp3) is 0.315. The summed E-state index contributed by atoms with van der Waals surface area (Å²) in [6.07, 6.45) is 0.723. The number of nitrogen functional groups attached to an aromatic ring is 4. The Labute approximate surface area is 815 Å². The minimum Gasteiger partial charge on any atom is -0.508 e. The van der Waals surface area contributed by atoms with Gasteiger partial charge in [0.2, 0.25) is 0 Å². The van der Waals surface area contributed by atoms with Crippen molar-refractivity contribution in [2.24, 2.45) is 0 Å². The number of esters is 2. The molecule has 0 saturated carbocycles. The van der Waals surface area contributed by atoms with Crippen molar-refractivity contribution in [1.29, 1.82) is 0 Å². The van der Waals surface area contributed by atoms with Gasteiger partial charge < -0.3 is 96.5 Å². The number of β-amino-alcohol motifs (C(OH)–C–C–N with tert-alkyl or cyclic N) is 1. The van der Waals surface area contributed by atoms with Crippen LogP contribution in [0.4, 0.5) is 37.0 Å². The molecule has 14 aromatic rings. The van der Waals surface area contributed by atoms with Gasteiger partial charge in [-0.05, 0) is 151 Å². The smallest absolute Gasteiger partial charge is 0.369 e. The fourth-order valence-electron chi connectivity index (χ4n) is 13.1. The first-order chi connectivity index (χ1) is 64.6. The van der Waals surface area contributed by atoms with Gasteiger partial charge in [-0.3, -0.25) is 29.2 Å². The summed E-state index contributed by atoms with van der Waals surface area (Å²) < 4.78 is 58.6. The zero-order chi connectivity index (χ0) is 94.1. The van der Waals surface area contributed by atoms with Crippen molar-refractivity contribution in [3.63, 3.8) is 0 Å². The number of nitrogens with one attached hydrogen (secondary N) is 3. The molecular weight excluding hydrogens is 2000 g/mol. The van der Waals surface area contributed by atoms with Gasteiger partial charge in [0, 0.05) is 103 Å². The van der Waals surface area contributed by atoms with Crippen molar-refractivity contribution in [2.45, 2.75) is 13.1 Å². The van der Waals surface area contributed by atoms with Crippen LogP contribution in [0.15, 0.2) is 188 Å². The molecule has 0 radical (unpaired) electrons. The third-order valence-electron chi connectivity index (χ3n) is 20.1. The highest BCUT2D eigenvalue weighted by Crippen LogP contribution is 2.34. The van der Waals surface area contributed by atoms with Gasteiger partial charge in [-0.25, -0.2) is 34.5 Å². The molecule has 4 fully saturated rings. The van der Waals surface area contributed by atoms with Crippen LogP contribution in [0.3, 0.4) is 0 Å². The van der Waals surface area contributed by atoms with Gasteiger partial charge in [-0.15, -0.1) is 47.3 Å². The van der Waals surface area contributed by atoms with Crippen LogP contribution in [0.25, 0.3) is 51.1 Å². The van der Waals surface area contributed by atoms with Gasteiger partial charge in [0.25, 0.3) is 5.91 Å². The number of fused-ring (bicyclic) bond motifs is 5. The number of phenols is 1. The summed E-state index contributed by atoms with van der Waals surface area (Å²) in [5.74, 6) is 2.77. The number of hydrogen-bond acceptors (Lipinski definition) is 36. The van der Waals surface area contributed by atoms with E-state index in [1.165, 1.54) is 48.2 Å². The van der Waals surface area contributed by atoms with E-state index in [1.807, 2.05) is 121 Å². The maximum atomic E-state index is 12.5. The number of aliphatic hydroxyl groups is 1. The molecule has 5 aromatic heterocycles. The number of aromatic nitrogens is 5. The molecule has 0 atom stereocenters. The first kappa shape index (κ1) is 103. The second-order valence-corrected chi connectivity index (χ2v) is 40.9. The monoisotopic (exact) mass is 2100 g/mol. The maximum Gasteiger partial charge on any atom is 0.369 e. The lowest BCUT2D eigenvalue weighted by Gasteiger charge is -2.26. The summed E-state index contributed by atoms with van der Waals surface area (Å²) in [7, 11) is 4.34. The van der Waals surface area contributed by atoms with Crippen molar-refractivity contribution in [1.82, 2.24) is 44.5 Å². The second kappa shape index (κ2) is 55.3. The Morgan fingerprint density at radius 3 is 1.15 bits per heavy atom. The molecule has 1 amide bonds. The molecule has 9 heterocycles. The van der Waals surface area contributed by atoms with Gasteiger partial charge in [0.15, 0.2) is 25.7 Å². The van der Waals surface area contributed by atoms with Crippen LogP contribution >= 0.6 is 104 Å². The van der Waals surface area contributed by atoms with Crippen molar-refractivity contribution in [2.75, 3.05) is 218 Å². The molecule has 0 spiro atoms. The number of aromatic hydroxyl groups is 1. The van der Waals surface area contributed by atoms with E-state index in [-0.39, 0.29) is 27.4 Å². The van der Waals surface area contributed by atoms with E-state index in [4.69, 9.17) is 75.8 Å². The third kappa shape index (κ3) is 35.0. The number of carbonyl (C=O) groups is 4. The number of hydrogen-bond donors (Lipinski definition) is 9. The van der Waals surface area contributed by atoms with E-state index in [0.29, 0.717) is 81.9 Å². The topological polar surface area (TPSA) is 419 Å². The van der Waals surface area contributed by atoms with Gasteiger partial charge in [-0.1, -0.05) is 105 Å². The molecule has 41 heteroatoms. The number of nitrogens with two attached hydrogens (primary N) is 4. The van der Waals surface area contributed by atoms with Gasteiger partial charge in [0.05, 0.1) is 154 Å². The average Bonchev–Trinajstić information content (AvgIpc) is 1.59. The van der Waals surface area contributed by atoms with Crippen molar-refractivity contribution >= 4 is 219 Å². The number of amides is 1. The Kier molecular flexibility index (Phi) is 42.8. The Balaban J connectivity index is 0.000000157. The zero-order valence-corrected chi connectivity index (χ0v) is 82.4. The number of phenolic OH excluding ortho intramolecular Hbond substituents is 1. The number of para-hydroxylation sites is 2. The van der Waals surface area contributed by atoms with Crippen LogP contribution in [-0.2, 0) is 41.5 Å². The molecule has 0 bridgehead atoms. The predicted octanol–water partition coefficient (Wildman–Crippen LogP) is 15.7. The highest BCUT2D eigenvalue weighted by molar-refractivity contribution is 9.69. The molecule has 704 valence electrons. The van der Waals surface area contributed by atoms with E-state index in [2.05, 4.69) is 112 Å². The molecule has 4 saturated heterocycles. The number of halogens is 3. The normalized spacial score (nSPS) is 13.8. The summed E-state index contributed by atoms with van der Waals surface area (Å²) in [4.78, 5) is 76.2. The number of ether oxygens (including phenoxy) is 10. The molecule has 32 nitrogen and oxygen atoms in total. The number of methoxy groups -OCH3 is 3. The van der Waals surface area contributed by atoms with E-state index in [0.717, 1.165) is 233 Å². The van der Waals surface area contributed by atoms with Crippen LogP contribution < -0.4 is 57.8 Å². The summed E-state index contributed by atoms with van der Waals surface area (Å²) in [5, 5.41) is 30.6. The highest BCUT2D eigenvalue weighted by atomic mass is 79.9. The molecule has 13 N–H and O–H groups in total. The number of rotatable bonds is 26. The fourth-order valence-corrected chi connectivity index (χ4v) is 17.2. The van der Waals surface area contributed by atoms with E-state index >= 15 is 0 Å². The van der Waals surface area contributed by atoms with E-state index in [9.17, 15) is 19.2 Å². The lowest BCUT2D eigenvalue weighted by molar-refractivity contribution is 0.0306. The molecular formula is C92H106BBr3N16O16S5. The number of aldehydes is 1. The van der Waals surface area contributed by atoms with Gasteiger partial charge >= 0.3 is 15.1 Å². The molecule has 0 unspecified atom stereocenters. The van der Waals surface area contributed by atoms with Crippen LogP contribution in [0.1, 0.15) is 52.6 Å². The second-order valence-electron chi connectivity index (χ2n) is 29.3. The summed E-state index contributed by atoms with van der Waals surface area (Å²) in [6, 6.07) is 56.9. The summed E-state index contributed by atoms with van der Waals surface area (Å²) in [6.45, 7) is 21.3. The Hall–Kier alpha value is -10.5. The summed E-state index contributed by atoms with van der Waals surface area (Å²) in [5.41, 5.74) is 32.6. The molecule has 4 aliphatic heterocycles. The molecule has 9 aromatic carbocycles. The maximum absolute atomic E-state index is 12.5. The Morgan fingerprint density at radius 1 is 0.436 bits per heavy atom. The largest absolute Gasteiger partial charge is 0.508 e. The van der Waals surface area contributed by atoms with Gasteiger partial charge in [-0.2, -0.15) is 0 Å². The zero-order valence-electron chi connectivity index (χ0n) is 73.6. The number of benzene rings is 9. The van der Waals surface area contributed by atoms with Crippen LogP contribution in [-0.4, -0.2) is 261 Å². The molecule has 4 aliphatic rings. The van der Waals surface area contributed by atoms with Gasteiger partial charge in [0.1, 0.15) is 54.9 Å². The first-order valence-electron chi connectivity index (χ1n) is 42.3. The minimum atomic E-state index is -0.396.